The van der Waals surface area contributed by atoms with Crippen LogP contribution < -0.4 is 26.3 Å². The highest BCUT2D eigenvalue weighted by atomic mass is 35.5. The molecule has 10 nitrogen and oxygen atoms in total. The average molecular weight is 669 g/mol. The summed E-state index contributed by atoms with van der Waals surface area (Å²) in [5, 5.41) is 3.65. The van der Waals surface area contributed by atoms with Crippen LogP contribution in [0.2, 0.25) is 5.02 Å². The molecule has 1 aliphatic rings. The number of benzene rings is 2. The molecule has 1 fully saturated rings. The monoisotopic (exact) mass is 668 g/mol. The third-order valence-electron chi connectivity index (χ3n) is 7.66. The Morgan fingerprint density at radius 1 is 1.07 bits per heavy atom. The van der Waals surface area contributed by atoms with E-state index in [0.717, 1.165) is 43.0 Å². The number of thioether (sulfide) groups is 1. The first kappa shape index (κ1) is 35.2. The maximum absolute atomic E-state index is 12.3. The minimum Gasteiger partial charge on any atom is -0.493 e. The molecule has 1 heterocycles. The number of aromatic nitrogens is 1. The van der Waals surface area contributed by atoms with E-state index in [4.69, 9.17) is 32.5 Å². The van der Waals surface area contributed by atoms with E-state index < -0.39 is 11.9 Å². The number of hydrogen-bond acceptors (Lipinski definition) is 9. The number of rotatable bonds is 18. The number of hydrogen-bond donors (Lipinski definition) is 3. The third-order valence-corrected chi connectivity index (χ3v) is 8.97. The summed E-state index contributed by atoms with van der Waals surface area (Å²) in [5.41, 5.74) is 13.0. The molecule has 0 saturated heterocycles. The number of fused-ring (bicyclic) bond motifs is 1. The molecule has 46 heavy (non-hydrogen) atoms. The number of pyridine rings is 1. The van der Waals surface area contributed by atoms with Crippen molar-refractivity contribution in [1.82, 2.24) is 10.3 Å². The van der Waals surface area contributed by atoms with E-state index in [1.165, 1.54) is 0 Å². The Balaban J connectivity index is 1.28. The molecule has 246 valence electrons. The molecular weight excluding hydrogens is 628 g/mol. The molecule has 0 unspecified atom stereocenters. The first-order chi connectivity index (χ1) is 22.0. The van der Waals surface area contributed by atoms with Crippen molar-refractivity contribution in [2.45, 2.75) is 64.8 Å². The van der Waals surface area contributed by atoms with Gasteiger partial charge in [0.2, 0.25) is 11.0 Å². The molecule has 0 spiro atoms. The number of unbranched alkanes of at least 4 members (excludes halogenated alkanes) is 2. The van der Waals surface area contributed by atoms with Crippen molar-refractivity contribution >= 4 is 57.0 Å². The predicted octanol–water partition coefficient (Wildman–Crippen LogP) is 5.60. The molecule has 12 heteroatoms. The summed E-state index contributed by atoms with van der Waals surface area (Å²) in [4.78, 5) is 53.0. The molecule has 1 aliphatic carbocycles. The van der Waals surface area contributed by atoms with E-state index in [2.05, 4.69) is 10.3 Å². The van der Waals surface area contributed by atoms with Crippen LogP contribution in [0.1, 0.15) is 68.3 Å². The fraction of sp³-hybridized carbons (Fsp3) is 0.441. The zero-order valence-corrected chi connectivity index (χ0v) is 27.8. The van der Waals surface area contributed by atoms with Crippen LogP contribution in [0.3, 0.4) is 0 Å². The van der Waals surface area contributed by atoms with Gasteiger partial charge in [-0.2, -0.15) is 0 Å². The van der Waals surface area contributed by atoms with E-state index in [-0.39, 0.29) is 34.0 Å². The van der Waals surface area contributed by atoms with Crippen molar-refractivity contribution < 1.29 is 28.7 Å². The standard InChI is InChI=1S/C34H41ClN4O6S/c1-20(2)32(36)34(43)46-19-31(41)39-11-4-3-5-13-44-30-18-28-25(17-26(30)33(37)42)29(10-12-38-28)45-24-9-8-22(27(35)16-24)15-23(40)14-21-6-7-21/h8-10,12,16-18,20-21,32H,3-7,11,13-15,19,36H2,1-2H3,(H2,37,42)(H,39,41)/t32-/m0/s1. The van der Waals surface area contributed by atoms with Crippen LogP contribution in [0.4, 0.5) is 0 Å². The van der Waals surface area contributed by atoms with Gasteiger partial charge < -0.3 is 26.3 Å². The Morgan fingerprint density at radius 2 is 1.85 bits per heavy atom. The van der Waals surface area contributed by atoms with Gasteiger partial charge in [-0.25, -0.2) is 0 Å². The van der Waals surface area contributed by atoms with Crippen molar-refractivity contribution in [2.24, 2.45) is 23.3 Å². The first-order valence-electron chi connectivity index (χ1n) is 15.5. The van der Waals surface area contributed by atoms with Crippen molar-refractivity contribution in [3.8, 4) is 17.2 Å². The highest BCUT2D eigenvalue weighted by Crippen LogP contribution is 2.36. The average Bonchev–Trinajstić information content (AvgIpc) is 3.83. The number of primary amides is 1. The van der Waals surface area contributed by atoms with E-state index in [1.807, 2.05) is 13.8 Å². The summed E-state index contributed by atoms with van der Waals surface area (Å²) < 4.78 is 12.0. The smallest absolute Gasteiger partial charge is 0.252 e. The largest absolute Gasteiger partial charge is 0.493 e. The molecule has 0 aliphatic heterocycles. The Bertz CT molecular complexity index is 1580. The van der Waals surface area contributed by atoms with Crippen molar-refractivity contribution in [3.63, 3.8) is 0 Å². The minimum absolute atomic E-state index is 0.0245. The number of nitrogens with two attached hydrogens (primary N) is 2. The lowest BCUT2D eigenvalue weighted by atomic mass is 10.0. The summed E-state index contributed by atoms with van der Waals surface area (Å²) >= 11 is 7.42. The summed E-state index contributed by atoms with van der Waals surface area (Å²) in [6.07, 6.45) is 6.93. The van der Waals surface area contributed by atoms with Gasteiger partial charge in [0.1, 0.15) is 23.0 Å². The summed E-state index contributed by atoms with van der Waals surface area (Å²) in [6, 6.07) is 9.61. The van der Waals surface area contributed by atoms with E-state index in [9.17, 15) is 19.2 Å². The number of nitrogens with one attached hydrogen (secondary N) is 1. The topological polar surface area (TPSA) is 164 Å². The molecule has 1 saturated carbocycles. The highest BCUT2D eigenvalue weighted by Gasteiger charge is 2.24. The molecule has 5 N–H and O–H groups in total. The molecule has 1 aromatic heterocycles. The van der Waals surface area contributed by atoms with Crippen molar-refractivity contribution in [3.05, 3.63) is 58.7 Å². The lowest BCUT2D eigenvalue weighted by Gasteiger charge is -2.14. The third kappa shape index (κ3) is 10.4. The van der Waals surface area contributed by atoms with Crippen LogP contribution in [-0.4, -0.2) is 52.6 Å². The van der Waals surface area contributed by atoms with Crippen molar-refractivity contribution in [2.75, 3.05) is 18.9 Å². The molecular formula is C34H41ClN4O6S. The van der Waals surface area contributed by atoms with Crippen molar-refractivity contribution in [1.29, 1.82) is 0 Å². The second-order valence-electron chi connectivity index (χ2n) is 11.9. The first-order valence-corrected chi connectivity index (χ1v) is 16.9. The fourth-order valence-corrected chi connectivity index (χ4v) is 5.79. The molecule has 2 amide bonds. The fourth-order valence-electron chi connectivity index (χ4n) is 4.71. The molecule has 3 aromatic rings. The quantitative estimate of drug-likeness (QED) is 0.146. The number of nitrogens with zero attached hydrogens (tertiary/aromatic N) is 1. The SMILES string of the molecule is CC(C)[C@H](N)C(=O)SCC(=O)NCCCCCOc1cc2nccc(Oc3ccc(CC(=O)CC4CC4)c(Cl)c3)c2cc1C(N)=O. The van der Waals surface area contributed by atoms with Gasteiger partial charge >= 0.3 is 0 Å². The highest BCUT2D eigenvalue weighted by molar-refractivity contribution is 8.14. The zero-order valence-electron chi connectivity index (χ0n) is 26.2. The Kier molecular flexibility index (Phi) is 12.8. The number of ketones is 1. The summed E-state index contributed by atoms with van der Waals surface area (Å²) in [6.45, 7) is 4.54. The predicted molar refractivity (Wildman–Crippen MR) is 180 cm³/mol. The summed E-state index contributed by atoms with van der Waals surface area (Å²) in [5.74, 6) is 1.19. The minimum atomic E-state index is -0.650. The molecule has 1 atom stereocenters. The maximum atomic E-state index is 12.3. The van der Waals surface area contributed by atoms with E-state index >= 15 is 0 Å². The lowest BCUT2D eigenvalue weighted by molar-refractivity contribution is -0.119. The van der Waals surface area contributed by atoms with Gasteiger partial charge in [-0.3, -0.25) is 24.2 Å². The second kappa shape index (κ2) is 16.8. The number of carbonyl (C=O) groups is 4. The van der Waals surface area contributed by atoms with Gasteiger partial charge in [-0.05, 0) is 73.8 Å². The van der Waals surface area contributed by atoms with Crippen LogP contribution in [0.25, 0.3) is 10.9 Å². The maximum Gasteiger partial charge on any atom is 0.252 e. The Hall–Kier alpha value is -3.67. The van der Waals surface area contributed by atoms with Gasteiger partial charge in [-0.15, -0.1) is 0 Å². The van der Waals surface area contributed by atoms with Gasteiger partial charge in [-0.1, -0.05) is 43.3 Å². The van der Waals surface area contributed by atoms with Crippen LogP contribution in [-0.2, 0) is 20.8 Å². The molecule has 4 rings (SSSR count). The normalized spacial score (nSPS) is 13.4. The van der Waals surface area contributed by atoms with Crippen LogP contribution in [0.5, 0.6) is 17.2 Å². The lowest BCUT2D eigenvalue weighted by Crippen LogP contribution is -2.35. The molecule has 2 aromatic carbocycles. The Morgan fingerprint density at radius 3 is 2.54 bits per heavy atom. The van der Waals surface area contributed by atoms with Gasteiger partial charge in [0, 0.05) is 42.1 Å². The van der Waals surface area contributed by atoms with Gasteiger partial charge in [0.25, 0.3) is 5.91 Å². The number of carbonyl (C=O) groups excluding carboxylic acids is 4. The zero-order chi connectivity index (χ0) is 33.2. The summed E-state index contributed by atoms with van der Waals surface area (Å²) in [7, 11) is 0. The molecule has 0 radical (unpaired) electrons. The van der Waals surface area contributed by atoms with E-state index in [1.54, 1.807) is 42.6 Å². The number of halogens is 1. The molecule has 0 bridgehead atoms. The van der Waals surface area contributed by atoms with E-state index in [0.29, 0.717) is 71.5 Å². The van der Waals surface area contributed by atoms with Gasteiger partial charge in [0.05, 0.1) is 29.5 Å². The number of amides is 2. The van der Waals surface area contributed by atoms with Gasteiger partial charge in [0.15, 0.2) is 0 Å². The second-order valence-corrected chi connectivity index (χ2v) is 13.3. The van der Waals surface area contributed by atoms with Crippen LogP contribution in [0, 0.1) is 11.8 Å². The van der Waals surface area contributed by atoms with Crippen LogP contribution >= 0.6 is 23.4 Å². The van der Waals surface area contributed by atoms with Crippen LogP contribution in [0.15, 0.2) is 42.6 Å². The Labute approximate surface area is 278 Å². The number of ether oxygens (including phenoxy) is 2. The number of Topliss-reactive ketones (excluding diaryl/α,β-unsaturated/α-hetero) is 1.